The monoisotopic (exact) mass is 349 g/mol. The number of aryl methyl sites for hydroxylation is 1. The van der Waals surface area contributed by atoms with Crippen molar-refractivity contribution in [1.82, 2.24) is 29.5 Å². The first kappa shape index (κ1) is 15.3. The molecule has 1 fully saturated rings. The number of anilines is 1. The van der Waals surface area contributed by atoms with E-state index in [1.165, 1.54) is 0 Å². The van der Waals surface area contributed by atoms with Gasteiger partial charge in [-0.05, 0) is 38.0 Å². The van der Waals surface area contributed by atoms with Crippen molar-refractivity contribution in [2.24, 2.45) is 0 Å². The summed E-state index contributed by atoms with van der Waals surface area (Å²) in [5.41, 5.74) is 4.21. The lowest BCUT2D eigenvalue weighted by Crippen LogP contribution is -2.28. The second-order valence-electron chi connectivity index (χ2n) is 6.55. The molecule has 0 saturated carbocycles. The average Bonchev–Trinajstić information content (AvgIpc) is 3.28. The highest BCUT2D eigenvalue weighted by Gasteiger charge is 2.18. The fourth-order valence-electron chi connectivity index (χ4n) is 3.34. The Kier molecular flexibility index (Phi) is 3.56. The number of hydrogen-bond donors (Lipinski definition) is 2. The summed E-state index contributed by atoms with van der Waals surface area (Å²) >= 11 is 0. The summed E-state index contributed by atoms with van der Waals surface area (Å²) in [5, 5.41) is 9.12. The van der Waals surface area contributed by atoms with Crippen molar-refractivity contribution in [2.75, 3.05) is 18.5 Å². The van der Waals surface area contributed by atoms with Crippen LogP contribution in [0.3, 0.4) is 0 Å². The van der Waals surface area contributed by atoms with E-state index in [-0.39, 0.29) is 0 Å². The minimum absolute atomic E-state index is 0.329. The van der Waals surface area contributed by atoms with Crippen LogP contribution in [0.1, 0.15) is 18.5 Å². The second kappa shape index (κ2) is 6.06. The Bertz CT molecular complexity index is 1080. The maximum absolute atomic E-state index is 5.43. The molecule has 0 spiro atoms. The van der Waals surface area contributed by atoms with Gasteiger partial charge in [-0.2, -0.15) is 10.1 Å². The molecule has 4 aromatic rings. The van der Waals surface area contributed by atoms with E-state index in [0.717, 1.165) is 59.8 Å². The number of imidazole rings is 1. The molecule has 1 saturated heterocycles. The fraction of sp³-hybridized carbons (Fsp3) is 0.333. The van der Waals surface area contributed by atoms with Crippen LogP contribution in [0.25, 0.3) is 28.1 Å². The number of hydrogen-bond acceptors (Lipinski definition) is 6. The largest absolute Gasteiger partial charge is 0.381 e. The molecular formula is C18H19N7O. The summed E-state index contributed by atoms with van der Waals surface area (Å²) in [6.07, 6.45) is 5.61. The zero-order chi connectivity index (χ0) is 17.5. The van der Waals surface area contributed by atoms with Crippen LogP contribution < -0.4 is 5.32 Å². The molecule has 0 radical (unpaired) electrons. The molecule has 1 aliphatic heterocycles. The van der Waals surface area contributed by atoms with Crippen molar-refractivity contribution in [3.8, 4) is 11.4 Å². The third kappa shape index (κ3) is 2.59. The van der Waals surface area contributed by atoms with Gasteiger partial charge < -0.3 is 15.0 Å². The molecule has 8 heteroatoms. The van der Waals surface area contributed by atoms with Crippen molar-refractivity contribution in [1.29, 1.82) is 0 Å². The lowest BCUT2D eigenvalue weighted by atomic mass is 10.1. The number of fused-ring (bicyclic) bond motifs is 2. The van der Waals surface area contributed by atoms with Crippen LogP contribution in [0.5, 0.6) is 0 Å². The number of H-pyrrole nitrogens is 1. The molecule has 0 aromatic carbocycles. The zero-order valence-corrected chi connectivity index (χ0v) is 14.4. The average molecular weight is 349 g/mol. The van der Waals surface area contributed by atoms with E-state index in [9.17, 15) is 0 Å². The van der Waals surface area contributed by atoms with E-state index in [0.29, 0.717) is 12.0 Å². The summed E-state index contributed by atoms with van der Waals surface area (Å²) in [6.45, 7) is 3.53. The smallest absolute Gasteiger partial charge is 0.225 e. The maximum Gasteiger partial charge on any atom is 0.225 e. The quantitative estimate of drug-likeness (QED) is 0.590. The third-order valence-corrected chi connectivity index (χ3v) is 4.75. The van der Waals surface area contributed by atoms with E-state index >= 15 is 0 Å². The van der Waals surface area contributed by atoms with Crippen LogP contribution >= 0.6 is 0 Å². The van der Waals surface area contributed by atoms with Gasteiger partial charge >= 0.3 is 0 Å². The van der Waals surface area contributed by atoms with Gasteiger partial charge in [-0.15, -0.1) is 0 Å². The SMILES string of the molecule is Cc1cnc2ccc(-c3nc(NC4CCOCC4)nc4[nH]ccc34)nn12. The van der Waals surface area contributed by atoms with Crippen LogP contribution in [0.2, 0.25) is 0 Å². The molecule has 0 unspecified atom stereocenters. The van der Waals surface area contributed by atoms with Crippen LogP contribution in [0, 0.1) is 6.92 Å². The predicted octanol–water partition coefficient (Wildman–Crippen LogP) is 2.57. The molecule has 132 valence electrons. The highest BCUT2D eigenvalue weighted by molar-refractivity contribution is 5.90. The van der Waals surface area contributed by atoms with Gasteiger partial charge in [0.1, 0.15) is 17.0 Å². The molecule has 0 bridgehead atoms. The van der Waals surface area contributed by atoms with Crippen molar-refractivity contribution in [3.63, 3.8) is 0 Å². The van der Waals surface area contributed by atoms with E-state index in [1.807, 2.05) is 42.0 Å². The van der Waals surface area contributed by atoms with Gasteiger partial charge in [0.15, 0.2) is 5.65 Å². The normalized spacial score (nSPS) is 15.7. The summed E-state index contributed by atoms with van der Waals surface area (Å²) < 4.78 is 7.26. The van der Waals surface area contributed by atoms with Crippen LogP contribution in [-0.2, 0) is 4.74 Å². The van der Waals surface area contributed by atoms with E-state index < -0.39 is 0 Å². The second-order valence-corrected chi connectivity index (χ2v) is 6.55. The van der Waals surface area contributed by atoms with Gasteiger partial charge in [0.05, 0.1) is 11.9 Å². The molecule has 1 aliphatic rings. The van der Waals surface area contributed by atoms with Crippen molar-refractivity contribution >= 4 is 22.6 Å². The van der Waals surface area contributed by atoms with Gasteiger partial charge in [-0.25, -0.2) is 14.5 Å². The summed E-state index contributed by atoms with van der Waals surface area (Å²) in [6, 6.07) is 6.22. The number of aromatic amines is 1. The van der Waals surface area contributed by atoms with E-state index in [2.05, 4.69) is 20.3 Å². The van der Waals surface area contributed by atoms with Gasteiger partial charge in [-0.1, -0.05) is 0 Å². The van der Waals surface area contributed by atoms with E-state index in [4.69, 9.17) is 14.8 Å². The molecule has 0 atom stereocenters. The molecule has 4 aromatic heterocycles. The van der Waals surface area contributed by atoms with Crippen molar-refractivity contribution < 1.29 is 4.74 Å². The van der Waals surface area contributed by atoms with Crippen LogP contribution in [0.4, 0.5) is 5.95 Å². The fourth-order valence-corrected chi connectivity index (χ4v) is 3.34. The topological polar surface area (TPSA) is 93.0 Å². The summed E-state index contributed by atoms with van der Waals surface area (Å²) in [5.74, 6) is 0.617. The molecule has 0 amide bonds. The molecule has 5 rings (SSSR count). The number of nitrogens with zero attached hydrogens (tertiary/aromatic N) is 5. The first-order valence-corrected chi connectivity index (χ1v) is 8.79. The Morgan fingerprint density at radius 3 is 2.96 bits per heavy atom. The van der Waals surface area contributed by atoms with Gasteiger partial charge in [0.2, 0.25) is 5.95 Å². The Hall–Kier alpha value is -3.00. The molecular weight excluding hydrogens is 330 g/mol. The van der Waals surface area contributed by atoms with Gasteiger partial charge in [-0.3, -0.25) is 0 Å². The van der Waals surface area contributed by atoms with Crippen molar-refractivity contribution in [3.05, 3.63) is 36.3 Å². The predicted molar refractivity (Wildman–Crippen MR) is 98.1 cm³/mol. The molecule has 5 heterocycles. The number of rotatable bonds is 3. The first-order chi connectivity index (χ1) is 12.8. The van der Waals surface area contributed by atoms with Gasteiger partial charge in [0, 0.05) is 30.8 Å². The Morgan fingerprint density at radius 1 is 1.19 bits per heavy atom. The number of nitrogens with one attached hydrogen (secondary N) is 2. The first-order valence-electron chi connectivity index (χ1n) is 8.79. The number of ether oxygens (including phenoxy) is 1. The minimum atomic E-state index is 0.329. The lowest BCUT2D eigenvalue weighted by Gasteiger charge is -2.23. The lowest BCUT2D eigenvalue weighted by molar-refractivity contribution is 0.0903. The molecule has 0 aliphatic carbocycles. The zero-order valence-electron chi connectivity index (χ0n) is 14.4. The van der Waals surface area contributed by atoms with Crippen LogP contribution in [0.15, 0.2) is 30.6 Å². The highest BCUT2D eigenvalue weighted by Crippen LogP contribution is 2.26. The molecule has 2 N–H and O–H groups in total. The Morgan fingerprint density at radius 2 is 2.08 bits per heavy atom. The highest BCUT2D eigenvalue weighted by atomic mass is 16.5. The Balaban J connectivity index is 1.60. The summed E-state index contributed by atoms with van der Waals surface area (Å²) in [4.78, 5) is 16.9. The molecule has 26 heavy (non-hydrogen) atoms. The number of aromatic nitrogens is 6. The minimum Gasteiger partial charge on any atom is -0.381 e. The molecule has 8 nitrogen and oxygen atoms in total. The van der Waals surface area contributed by atoms with Gasteiger partial charge in [0.25, 0.3) is 0 Å². The van der Waals surface area contributed by atoms with E-state index in [1.54, 1.807) is 0 Å². The standard InChI is InChI=1S/C18H19N7O/c1-11-10-20-15-3-2-14(24-25(11)15)16-13-4-7-19-17(13)23-18(22-16)21-12-5-8-26-9-6-12/h2-4,7,10,12H,5-6,8-9H2,1H3,(H2,19,21,22,23). The van der Waals surface area contributed by atoms with Crippen molar-refractivity contribution in [2.45, 2.75) is 25.8 Å². The summed E-state index contributed by atoms with van der Waals surface area (Å²) in [7, 11) is 0. The Labute approximate surface area is 149 Å². The maximum atomic E-state index is 5.43. The third-order valence-electron chi connectivity index (χ3n) is 4.75. The van der Waals surface area contributed by atoms with Crippen LogP contribution in [-0.4, -0.2) is 48.8 Å².